The van der Waals surface area contributed by atoms with Crippen LogP contribution in [0.3, 0.4) is 0 Å². The molecule has 1 rings (SSSR count). The van der Waals surface area contributed by atoms with E-state index in [1.54, 1.807) is 14.1 Å². The Morgan fingerprint density at radius 2 is 2.06 bits per heavy atom. The SMILES string of the molecule is CCS(=O)(=O)NC1CN(C(=O)N(C)C)CC1F. The van der Waals surface area contributed by atoms with Crippen molar-refractivity contribution in [3.8, 4) is 0 Å². The number of urea groups is 1. The van der Waals surface area contributed by atoms with Crippen molar-refractivity contribution in [1.29, 1.82) is 0 Å². The minimum Gasteiger partial charge on any atom is -0.331 e. The van der Waals surface area contributed by atoms with Crippen LogP contribution in [0, 0.1) is 0 Å². The fraction of sp³-hybridized carbons (Fsp3) is 0.889. The van der Waals surface area contributed by atoms with Crippen molar-refractivity contribution in [2.45, 2.75) is 19.1 Å². The summed E-state index contributed by atoms with van der Waals surface area (Å²) in [6.07, 6.45) is -1.36. The van der Waals surface area contributed by atoms with Crippen LogP contribution in [0.25, 0.3) is 0 Å². The highest BCUT2D eigenvalue weighted by atomic mass is 32.2. The van der Waals surface area contributed by atoms with E-state index in [0.29, 0.717) is 0 Å². The molecule has 0 aromatic carbocycles. The molecule has 1 fully saturated rings. The highest BCUT2D eigenvalue weighted by molar-refractivity contribution is 7.89. The zero-order valence-electron chi connectivity index (χ0n) is 10.2. The molecule has 2 amide bonds. The first-order chi connectivity index (χ1) is 7.76. The highest BCUT2D eigenvalue weighted by Crippen LogP contribution is 2.15. The van der Waals surface area contributed by atoms with E-state index in [4.69, 9.17) is 0 Å². The van der Waals surface area contributed by atoms with Crippen molar-refractivity contribution >= 4 is 16.1 Å². The fourth-order valence-electron chi connectivity index (χ4n) is 1.63. The lowest BCUT2D eigenvalue weighted by Crippen LogP contribution is -2.43. The summed E-state index contributed by atoms with van der Waals surface area (Å²) in [7, 11) is -0.310. The number of alkyl halides is 1. The standard InChI is InChI=1S/C9H18FN3O3S/c1-4-17(15,16)11-8-6-13(5-7(8)10)9(14)12(2)3/h7-8,11H,4-6H2,1-3H3. The van der Waals surface area contributed by atoms with Crippen LogP contribution in [0.5, 0.6) is 0 Å². The number of amides is 2. The lowest BCUT2D eigenvalue weighted by atomic mass is 10.2. The normalized spacial score (nSPS) is 25.1. The molecule has 0 saturated carbocycles. The number of rotatable bonds is 3. The second-order valence-corrected chi connectivity index (χ2v) is 6.27. The predicted octanol–water partition coefficient (Wildman–Crippen LogP) is -0.370. The Morgan fingerprint density at radius 3 is 2.53 bits per heavy atom. The van der Waals surface area contributed by atoms with Crippen LogP contribution in [0.2, 0.25) is 0 Å². The smallest absolute Gasteiger partial charge is 0.319 e. The maximum absolute atomic E-state index is 13.6. The summed E-state index contributed by atoms with van der Waals surface area (Å²) in [4.78, 5) is 14.2. The Bertz CT molecular complexity index is 385. The van der Waals surface area contributed by atoms with Crippen molar-refractivity contribution in [2.24, 2.45) is 0 Å². The molecule has 0 aromatic rings. The first kappa shape index (κ1) is 14.2. The van der Waals surface area contributed by atoms with Crippen LogP contribution >= 0.6 is 0 Å². The molecule has 0 aliphatic carbocycles. The molecule has 0 bridgehead atoms. The Labute approximate surface area is 101 Å². The summed E-state index contributed by atoms with van der Waals surface area (Å²) in [5.41, 5.74) is 0. The van der Waals surface area contributed by atoms with Gasteiger partial charge >= 0.3 is 6.03 Å². The van der Waals surface area contributed by atoms with Gasteiger partial charge in [0.15, 0.2) is 0 Å². The van der Waals surface area contributed by atoms with Crippen LogP contribution in [0.4, 0.5) is 9.18 Å². The van der Waals surface area contributed by atoms with E-state index in [0.717, 1.165) is 0 Å². The molecule has 1 saturated heterocycles. The summed E-state index contributed by atoms with van der Waals surface area (Å²) in [5, 5.41) is 0. The van der Waals surface area contributed by atoms with E-state index in [9.17, 15) is 17.6 Å². The minimum absolute atomic E-state index is 0.0669. The van der Waals surface area contributed by atoms with Crippen LogP contribution < -0.4 is 4.72 Å². The van der Waals surface area contributed by atoms with Gasteiger partial charge in [0.25, 0.3) is 0 Å². The van der Waals surface area contributed by atoms with Crippen molar-refractivity contribution < 1.29 is 17.6 Å². The lowest BCUT2D eigenvalue weighted by molar-refractivity contribution is 0.178. The molecule has 0 spiro atoms. The van der Waals surface area contributed by atoms with Crippen molar-refractivity contribution in [2.75, 3.05) is 32.9 Å². The van der Waals surface area contributed by atoms with Gasteiger partial charge < -0.3 is 9.80 Å². The van der Waals surface area contributed by atoms with Gasteiger partial charge in [0, 0.05) is 20.6 Å². The Kier molecular flexibility index (Phi) is 4.31. The highest BCUT2D eigenvalue weighted by Gasteiger charge is 2.37. The number of carbonyl (C=O) groups is 1. The number of hydrogen-bond acceptors (Lipinski definition) is 3. The molecule has 17 heavy (non-hydrogen) atoms. The van der Waals surface area contributed by atoms with E-state index in [1.807, 2.05) is 0 Å². The van der Waals surface area contributed by atoms with Gasteiger partial charge in [-0.15, -0.1) is 0 Å². The van der Waals surface area contributed by atoms with Gasteiger partial charge in [-0.25, -0.2) is 22.3 Å². The van der Waals surface area contributed by atoms with E-state index in [-0.39, 0.29) is 24.9 Å². The molecule has 2 atom stereocenters. The van der Waals surface area contributed by atoms with Gasteiger partial charge in [-0.1, -0.05) is 0 Å². The van der Waals surface area contributed by atoms with Crippen molar-refractivity contribution in [3.05, 3.63) is 0 Å². The Balaban J connectivity index is 2.65. The zero-order chi connectivity index (χ0) is 13.2. The number of nitrogens with one attached hydrogen (secondary N) is 1. The predicted molar refractivity (Wildman–Crippen MR) is 61.9 cm³/mol. The molecule has 0 aromatic heterocycles. The second-order valence-electron chi connectivity index (χ2n) is 4.23. The molecule has 1 aliphatic heterocycles. The summed E-state index contributed by atoms with van der Waals surface area (Å²) < 4.78 is 38.5. The zero-order valence-corrected chi connectivity index (χ0v) is 11.0. The fourth-order valence-corrected chi connectivity index (χ4v) is 2.48. The Hall–Kier alpha value is -0.890. The summed E-state index contributed by atoms with van der Waals surface area (Å²) >= 11 is 0. The molecular formula is C9H18FN3O3S. The third kappa shape index (κ3) is 3.53. The van der Waals surface area contributed by atoms with Gasteiger partial charge in [-0.05, 0) is 6.92 Å². The molecule has 1 heterocycles. The lowest BCUT2D eigenvalue weighted by Gasteiger charge is -2.20. The van der Waals surface area contributed by atoms with E-state index >= 15 is 0 Å². The molecule has 2 unspecified atom stereocenters. The van der Waals surface area contributed by atoms with Crippen LogP contribution in [0.15, 0.2) is 0 Å². The molecule has 1 N–H and O–H groups in total. The van der Waals surface area contributed by atoms with E-state index < -0.39 is 22.2 Å². The monoisotopic (exact) mass is 267 g/mol. The minimum atomic E-state index is -3.45. The number of hydrogen-bond donors (Lipinski definition) is 1. The van der Waals surface area contributed by atoms with Crippen LogP contribution in [0.1, 0.15) is 6.92 Å². The molecule has 6 nitrogen and oxygen atoms in total. The topological polar surface area (TPSA) is 69.7 Å². The van der Waals surface area contributed by atoms with E-state index in [2.05, 4.69) is 4.72 Å². The maximum atomic E-state index is 13.6. The number of sulfonamides is 1. The van der Waals surface area contributed by atoms with Crippen LogP contribution in [-0.4, -0.2) is 69.4 Å². The molecule has 1 aliphatic rings. The molecular weight excluding hydrogens is 249 g/mol. The van der Waals surface area contributed by atoms with Gasteiger partial charge in [0.2, 0.25) is 10.0 Å². The van der Waals surface area contributed by atoms with E-state index in [1.165, 1.54) is 16.7 Å². The Morgan fingerprint density at radius 1 is 1.47 bits per heavy atom. The van der Waals surface area contributed by atoms with Crippen molar-refractivity contribution in [3.63, 3.8) is 0 Å². The first-order valence-electron chi connectivity index (χ1n) is 5.37. The third-order valence-electron chi connectivity index (χ3n) is 2.61. The average Bonchev–Trinajstić information content (AvgIpc) is 2.58. The van der Waals surface area contributed by atoms with Gasteiger partial charge in [0.1, 0.15) is 6.17 Å². The third-order valence-corrected chi connectivity index (χ3v) is 4.03. The first-order valence-corrected chi connectivity index (χ1v) is 7.02. The summed E-state index contributed by atoms with van der Waals surface area (Å²) in [6, 6.07) is -1.16. The number of likely N-dealkylation sites (tertiary alicyclic amines) is 1. The maximum Gasteiger partial charge on any atom is 0.319 e. The molecule has 8 heteroatoms. The number of carbonyl (C=O) groups excluding carboxylic acids is 1. The second kappa shape index (κ2) is 5.18. The van der Waals surface area contributed by atoms with Crippen molar-refractivity contribution in [1.82, 2.24) is 14.5 Å². The number of halogens is 1. The van der Waals surface area contributed by atoms with Gasteiger partial charge in [-0.2, -0.15) is 0 Å². The number of nitrogens with zero attached hydrogens (tertiary/aromatic N) is 2. The van der Waals surface area contributed by atoms with Gasteiger partial charge in [0.05, 0.1) is 18.3 Å². The quantitative estimate of drug-likeness (QED) is 0.758. The van der Waals surface area contributed by atoms with Gasteiger partial charge in [-0.3, -0.25) is 0 Å². The molecule has 100 valence electrons. The summed E-state index contributed by atoms with van der Waals surface area (Å²) in [6.45, 7) is 1.47. The molecule has 0 radical (unpaired) electrons. The summed E-state index contributed by atoms with van der Waals surface area (Å²) in [5.74, 6) is -0.0994. The largest absolute Gasteiger partial charge is 0.331 e. The van der Waals surface area contributed by atoms with Crippen LogP contribution in [-0.2, 0) is 10.0 Å². The average molecular weight is 267 g/mol.